The number of likely N-dealkylation sites (tertiary alicyclic amines) is 1. The van der Waals surface area contributed by atoms with E-state index in [1.54, 1.807) is 0 Å². The fourth-order valence-electron chi connectivity index (χ4n) is 3.37. The Bertz CT molecular complexity index is 508. The van der Waals surface area contributed by atoms with E-state index >= 15 is 0 Å². The molecule has 3 rings (SSSR count). The first-order valence-electron chi connectivity index (χ1n) is 7.58. The Balaban J connectivity index is 1.76. The molecule has 2 aliphatic rings. The van der Waals surface area contributed by atoms with Crippen molar-refractivity contribution in [3.63, 3.8) is 0 Å². The van der Waals surface area contributed by atoms with Crippen LogP contribution in [0.3, 0.4) is 0 Å². The molecule has 1 aromatic rings. The second kappa shape index (κ2) is 5.77. The summed E-state index contributed by atoms with van der Waals surface area (Å²) in [6, 6.07) is 0.395. The molecule has 1 aromatic heterocycles. The molecule has 0 N–H and O–H groups in total. The van der Waals surface area contributed by atoms with Crippen molar-refractivity contribution in [1.82, 2.24) is 14.8 Å². The SMILES string of the molecule is C[C@@H]1CN(C(=O)c2ncoc2[C@H]2CCCO2)C[C@H]1N(C)C. The number of oxazole rings is 1. The molecule has 0 saturated carbocycles. The molecule has 2 saturated heterocycles. The van der Waals surface area contributed by atoms with Crippen molar-refractivity contribution in [2.24, 2.45) is 5.92 Å². The summed E-state index contributed by atoms with van der Waals surface area (Å²) in [5.41, 5.74) is 0.425. The summed E-state index contributed by atoms with van der Waals surface area (Å²) in [4.78, 5) is 20.9. The van der Waals surface area contributed by atoms with E-state index in [9.17, 15) is 4.79 Å². The Hall–Kier alpha value is -1.40. The number of carbonyl (C=O) groups excluding carboxylic acids is 1. The van der Waals surface area contributed by atoms with Gasteiger partial charge < -0.3 is 19.0 Å². The van der Waals surface area contributed by atoms with Crippen LogP contribution in [0.1, 0.15) is 42.1 Å². The van der Waals surface area contributed by atoms with Gasteiger partial charge in [0.2, 0.25) is 0 Å². The summed E-state index contributed by atoms with van der Waals surface area (Å²) in [6.45, 7) is 4.41. The summed E-state index contributed by atoms with van der Waals surface area (Å²) in [6.07, 6.45) is 3.14. The molecule has 2 aliphatic heterocycles. The summed E-state index contributed by atoms with van der Waals surface area (Å²) >= 11 is 0. The molecule has 0 bridgehead atoms. The number of aromatic nitrogens is 1. The summed E-state index contributed by atoms with van der Waals surface area (Å²) in [5, 5.41) is 0. The van der Waals surface area contributed by atoms with Gasteiger partial charge in [-0.2, -0.15) is 0 Å². The first-order valence-corrected chi connectivity index (χ1v) is 7.58. The third-order valence-corrected chi connectivity index (χ3v) is 4.54. The summed E-state index contributed by atoms with van der Waals surface area (Å²) in [5.74, 6) is 1.02. The maximum absolute atomic E-state index is 12.7. The van der Waals surface area contributed by atoms with Crippen LogP contribution in [0.25, 0.3) is 0 Å². The predicted molar refractivity (Wildman–Crippen MR) is 77.0 cm³/mol. The highest BCUT2D eigenvalue weighted by Crippen LogP contribution is 2.31. The zero-order chi connectivity index (χ0) is 15.0. The standard InChI is InChI=1S/C15H23N3O3/c1-10-7-18(8-11(10)17(2)3)15(19)13-14(21-9-16-13)12-5-4-6-20-12/h9-12H,4-8H2,1-3H3/t10-,11-,12-/m1/s1. The Morgan fingerprint density at radius 3 is 2.86 bits per heavy atom. The Kier molecular flexibility index (Phi) is 3.99. The maximum Gasteiger partial charge on any atom is 0.276 e. The third-order valence-electron chi connectivity index (χ3n) is 4.54. The molecular formula is C15H23N3O3. The molecule has 6 nitrogen and oxygen atoms in total. The largest absolute Gasteiger partial charge is 0.445 e. The minimum absolute atomic E-state index is 0.0366. The van der Waals surface area contributed by atoms with Crippen molar-refractivity contribution in [3.8, 4) is 0 Å². The van der Waals surface area contributed by atoms with Crippen molar-refractivity contribution in [2.45, 2.75) is 31.9 Å². The average Bonchev–Trinajstić information content (AvgIpc) is 3.17. The van der Waals surface area contributed by atoms with E-state index in [4.69, 9.17) is 9.15 Å². The second-order valence-corrected chi connectivity index (χ2v) is 6.29. The number of carbonyl (C=O) groups is 1. The topological polar surface area (TPSA) is 58.8 Å². The van der Waals surface area contributed by atoms with Crippen molar-refractivity contribution >= 4 is 5.91 Å². The molecule has 0 spiro atoms. The Morgan fingerprint density at radius 1 is 1.43 bits per heavy atom. The highest BCUT2D eigenvalue weighted by Gasteiger charge is 2.37. The van der Waals surface area contributed by atoms with E-state index in [1.165, 1.54) is 6.39 Å². The van der Waals surface area contributed by atoms with Crippen LogP contribution in [-0.2, 0) is 4.74 Å². The number of rotatable bonds is 3. The zero-order valence-corrected chi connectivity index (χ0v) is 12.9. The smallest absolute Gasteiger partial charge is 0.276 e. The van der Waals surface area contributed by atoms with Crippen LogP contribution in [0.2, 0.25) is 0 Å². The minimum atomic E-state index is -0.115. The number of hydrogen-bond donors (Lipinski definition) is 0. The third kappa shape index (κ3) is 2.70. The normalized spacial score (nSPS) is 29.5. The highest BCUT2D eigenvalue weighted by atomic mass is 16.5. The summed E-state index contributed by atoms with van der Waals surface area (Å²) in [7, 11) is 4.12. The molecule has 0 radical (unpaired) electrons. The van der Waals surface area contributed by atoms with Crippen molar-refractivity contribution in [2.75, 3.05) is 33.8 Å². The van der Waals surface area contributed by atoms with Gasteiger partial charge in [-0.25, -0.2) is 4.98 Å². The van der Waals surface area contributed by atoms with Crippen molar-refractivity contribution in [3.05, 3.63) is 17.8 Å². The van der Waals surface area contributed by atoms with E-state index in [0.717, 1.165) is 32.5 Å². The van der Waals surface area contributed by atoms with Gasteiger partial charge in [-0.05, 0) is 32.9 Å². The minimum Gasteiger partial charge on any atom is -0.445 e. The number of ether oxygens (including phenoxy) is 1. The average molecular weight is 293 g/mol. The van der Waals surface area contributed by atoms with E-state index in [-0.39, 0.29) is 12.0 Å². The van der Waals surface area contributed by atoms with Gasteiger partial charge in [-0.3, -0.25) is 4.79 Å². The molecule has 116 valence electrons. The fourth-order valence-corrected chi connectivity index (χ4v) is 3.37. The van der Waals surface area contributed by atoms with E-state index in [0.29, 0.717) is 23.4 Å². The lowest BCUT2D eigenvalue weighted by Crippen LogP contribution is -2.36. The van der Waals surface area contributed by atoms with E-state index < -0.39 is 0 Å². The molecule has 21 heavy (non-hydrogen) atoms. The molecule has 6 heteroatoms. The Labute approximate surface area is 125 Å². The number of likely N-dealkylation sites (N-methyl/N-ethyl adjacent to an activating group) is 1. The fraction of sp³-hybridized carbons (Fsp3) is 0.733. The number of hydrogen-bond acceptors (Lipinski definition) is 5. The van der Waals surface area contributed by atoms with Crippen molar-refractivity contribution in [1.29, 1.82) is 0 Å². The molecule has 0 aromatic carbocycles. The zero-order valence-electron chi connectivity index (χ0n) is 12.9. The van der Waals surface area contributed by atoms with Crippen LogP contribution in [0.15, 0.2) is 10.8 Å². The molecule has 0 unspecified atom stereocenters. The molecule has 3 atom stereocenters. The predicted octanol–water partition coefficient (Wildman–Crippen LogP) is 1.55. The molecular weight excluding hydrogens is 270 g/mol. The van der Waals surface area contributed by atoms with Gasteiger partial charge in [-0.1, -0.05) is 6.92 Å². The van der Waals surface area contributed by atoms with Crippen LogP contribution in [0, 0.1) is 5.92 Å². The molecule has 0 aliphatic carbocycles. The van der Waals surface area contributed by atoms with Gasteiger partial charge in [0.1, 0.15) is 6.10 Å². The monoisotopic (exact) mass is 293 g/mol. The molecule has 2 fully saturated rings. The van der Waals surface area contributed by atoms with Crippen LogP contribution < -0.4 is 0 Å². The van der Waals surface area contributed by atoms with Crippen LogP contribution in [-0.4, -0.2) is 60.5 Å². The van der Waals surface area contributed by atoms with Gasteiger partial charge >= 0.3 is 0 Å². The van der Waals surface area contributed by atoms with Crippen molar-refractivity contribution < 1.29 is 13.9 Å². The van der Waals surface area contributed by atoms with Gasteiger partial charge in [0.15, 0.2) is 17.8 Å². The lowest BCUT2D eigenvalue weighted by molar-refractivity contribution is 0.0737. The number of amides is 1. The van der Waals surface area contributed by atoms with Gasteiger partial charge in [0, 0.05) is 25.7 Å². The maximum atomic E-state index is 12.7. The van der Waals surface area contributed by atoms with E-state index in [1.807, 2.05) is 4.90 Å². The lowest BCUT2D eigenvalue weighted by atomic mass is 10.1. The van der Waals surface area contributed by atoms with Crippen LogP contribution in [0.4, 0.5) is 0 Å². The lowest BCUT2D eigenvalue weighted by Gasteiger charge is -2.22. The molecule has 1 amide bonds. The molecule has 3 heterocycles. The van der Waals surface area contributed by atoms with Gasteiger partial charge in [-0.15, -0.1) is 0 Å². The van der Waals surface area contributed by atoms with Crippen LogP contribution in [0.5, 0.6) is 0 Å². The highest BCUT2D eigenvalue weighted by molar-refractivity contribution is 5.93. The van der Waals surface area contributed by atoms with E-state index in [2.05, 4.69) is 30.9 Å². The first-order chi connectivity index (χ1) is 10.1. The summed E-state index contributed by atoms with van der Waals surface area (Å²) < 4.78 is 11.1. The Morgan fingerprint density at radius 2 is 2.24 bits per heavy atom. The second-order valence-electron chi connectivity index (χ2n) is 6.29. The van der Waals surface area contributed by atoms with Gasteiger partial charge in [0.25, 0.3) is 5.91 Å². The van der Waals surface area contributed by atoms with Crippen LogP contribution >= 0.6 is 0 Å². The quantitative estimate of drug-likeness (QED) is 0.846. The first kappa shape index (κ1) is 14.5. The van der Waals surface area contributed by atoms with Gasteiger partial charge in [0.05, 0.1) is 0 Å². The number of nitrogens with zero attached hydrogens (tertiary/aromatic N) is 3.